The Morgan fingerprint density at radius 3 is 2.16 bits per heavy atom. The normalized spacial score (nSPS) is 11.6. The van der Waals surface area contributed by atoms with Gasteiger partial charge < -0.3 is 5.32 Å². The van der Waals surface area contributed by atoms with Gasteiger partial charge in [0.1, 0.15) is 11.6 Å². The number of nitrogens with one attached hydrogen (secondary N) is 1. The van der Waals surface area contributed by atoms with Gasteiger partial charge in [-0.2, -0.15) is 4.31 Å². The lowest BCUT2D eigenvalue weighted by molar-refractivity contribution is -0.116. The highest BCUT2D eigenvalue weighted by Gasteiger charge is 2.28. The number of sulfonamides is 1. The fourth-order valence-corrected chi connectivity index (χ4v) is 4.79. The molecule has 5 nitrogen and oxygen atoms in total. The van der Waals surface area contributed by atoms with Gasteiger partial charge in [-0.1, -0.05) is 40.9 Å². The van der Waals surface area contributed by atoms with Gasteiger partial charge in [-0.05, 0) is 48.5 Å². The standard InChI is InChI=1S/C21H15Cl3F2N2O3S/c22-13-4-7-15(8-5-13)32(30,31)28(11-16-17(23)2-1-3-18(16)24)12-21(29)27-20-9-6-14(25)10-19(20)26/h1-10H,11-12H2,(H,27,29). The van der Waals surface area contributed by atoms with Crippen LogP contribution in [0.1, 0.15) is 5.56 Å². The number of rotatable bonds is 7. The fourth-order valence-electron chi connectivity index (χ4n) is 2.78. The Labute approximate surface area is 198 Å². The molecule has 0 bridgehead atoms. The molecule has 0 unspecified atom stereocenters. The van der Waals surface area contributed by atoms with E-state index in [1.54, 1.807) is 6.07 Å². The van der Waals surface area contributed by atoms with Crippen LogP contribution >= 0.6 is 34.8 Å². The summed E-state index contributed by atoms with van der Waals surface area (Å²) in [6.45, 7) is -1.02. The molecule has 0 aliphatic carbocycles. The molecule has 0 aliphatic rings. The Bertz CT molecular complexity index is 1240. The number of benzene rings is 3. The molecular formula is C21H15Cl3F2N2O3S. The molecule has 0 aromatic heterocycles. The highest BCUT2D eigenvalue weighted by atomic mass is 35.5. The molecule has 168 valence electrons. The Morgan fingerprint density at radius 1 is 0.938 bits per heavy atom. The molecule has 3 rings (SSSR count). The molecule has 0 spiro atoms. The van der Waals surface area contributed by atoms with Crippen molar-refractivity contribution in [3.8, 4) is 0 Å². The number of anilines is 1. The van der Waals surface area contributed by atoms with Gasteiger partial charge >= 0.3 is 0 Å². The molecule has 32 heavy (non-hydrogen) atoms. The van der Waals surface area contributed by atoms with E-state index in [1.807, 2.05) is 0 Å². The number of carbonyl (C=O) groups excluding carboxylic acids is 1. The first-order valence-electron chi connectivity index (χ1n) is 9.01. The zero-order chi connectivity index (χ0) is 23.5. The second kappa shape index (κ2) is 10.1. The Morgan fingerprint density at radius 2 is 1.56 bits per heavy atom. The van der Waals surface area contributed by atoms with Crippen LogP contribution in [0.2, 0.25) is 15.1 Å². The monoisotopic (exact) mass is 518 g/mol. The first-order chi connectivity index (χ1) is 15.1. The lowest BCUT2D eigenvalue weighted by Crippen LogP contribution is -2.37. The van der Waals surface area contributed by atoms with Crippen LogP contribution < -0.4 is 5.32 Å². The summed E-state index contributed by atoms with van der Waals surface area (Å²) >= 11 is 18.2. The number of carbonyl (C=O) groups is 1. The molecule has 0 aliphatic heterocycles. The van der Waals surface area contributed by atoms with Crippen molar-refractivity contribution in [2.24, 2.45) is 0 Å². The number of amides is 1. The van der Waals surface area contributed by atoms with Gasteiger partial charge in [0, 0.05) is 33.2 Å². The van der Waals surface area contributed by atoms with Gasteiger partial charge in [-0.3, -0.25) is 4.79 Å². The molecule has 0 radical (unpaired) electrons. The molecule has 0 saturated carbocycles. The van der Waals surface area contributed by atoms with Crippen LogP contribution in [0.5, 0.6) is 0 Å². The van der Waals surface area contributed by atoms with Crippen molar-refractivity contribution in [1.82, 2.24) is 4.31 Å². The first kappa shape index (κ1) is 24.4. The van der Waals surface area contributed by atoms with Gasteiger partial charge in [-0.15, -0.1) is 0 Å². The molecule has 1 amide bonds. The summed E-state index contributed by atoms with van der Waals surface area (Å²) in [5, 5.41) is 2.98. The highest BCUT2D eigenvalue weighted by molar-refractivity contribution is 7.89. The van der Waals surface area contributed by atoms with E-state index in [9.17, 15) is 22.0 Å². The van der Waals surface area contributed by atoms with E-state index >= 15 is 0 Å². The van der Waals surface area contributed by atoms with Gasteiger partial charge in [0.05, 0.1) is 17.1 Å². The van der Waals surface area contributed by atoms with Crippen molar-refractivity contribution in [2.45, 2.75) is 11.4 Å². The van der Waals surface area contributed by atoms with Gasteiger partial charge in [0.25, 0.3) is 0 Å². The number of hydrogen-bond acceptors (Lipinski definition) is 3. The summed E-state index contributed by atoms with van der Waals surface area (Å²) in [5.41, 5.74) is -0.00912. The molecule has 0 atom stereocenters. The molecule has 3 aromatic carbocycles. The Balaban J connectivity index is 1.94. The van der Waals surface area contributed by atoms with Gasteiger partial charge in [0.2, 0.25) is 15.9 Å². The van der Waals surface area contributed by atoms with E-state index in [2.05, 4.69) is 5.32 Å². The van der Waals surface area contributed by atoms with Crippen LogP contribution in [-0.4, -0.2) is 25.2 Å². The predicted molar refractivity (Wildman–Crippen MR) is 120 cm³/mol. The largest absolute Gasteiger partial charge is 0.322 e. The van der Waals surface area contributed by atoms with Crippen molar-refractivity contribution in [1.29, 1.82) is 0 Å². The number of hydrogen-bond donors (Lipinski definition) is 1. The van der Waals surface area contributed by atoms with E-state index in [0.29, 0.717) is 11.1 Å². The topological polar surface area (TPSA) is 66.5 Å². The molecule has 0 saturated heterocycles. The van der Waals surface area contributed by atoms with E-state index in [0.717, 1.165) is 16.4 Å². The van der Waals surface area contributed by atoms with Crippen LogP contribution in [0, 0.1) is 11.6 Å². The summed E-state index contributed by atoms with van der Waals surface area (Å²) in [7, 11) is -4.21. The Kier molecular flexibility index (Phi) is 7.74. The summed E-state index contributed by atoms with van der Waals surface area (Å²) in [6.07, 6.45) is 0. The lowest BCUT2D eigenvalue weighted by Gasteiger charge is -2.23. The van der Waals surface area contributed by atoms with Gasteiger partial charge in [-0.25, -0.2) is 17.2 Å². The van der Waals surface area contributed by atoms with Crippen molar-refractivity contribution in [3.05, 3.63) is 92.9 Å². The summed E-state index contributed by atoms with van der Waals surface area (Å²) in [4.78, 5) is 12.5. The molecule has 1 N–H and O–H groups in total. The molecule has 11 heteroatoms. The van der Waals surface area contributed by atoms with Crippen LogP contribution in [-0.2, 0) is 21.4 Å². The summed E-state index contributed by atoms with van der Waals surface area (Å²) < 4.78 is 54.4. The van der Waals surface area contributed by atoms with Crippen LogP contribution in [0.25, 0.3) is 0 Å². The van der Waals surface area contributed by atoms with Crippen LogP contribution in [0.15, 0.2) is 65.6 Å². The van der Waals surface area contributed by atoms with Crippen molar-refractivity contribution < 1.29 is 22.0 Å². The highest BCUT2D eigenvalue weighted by Crippen LogP contribution is 2.28. The van der Waals surface area contributed by atoms with E-state index in [-0.39, 0.29) is 32.7 Å². The van der Waals surface area contributed by atoms with E-state index < -0.39 is 34.1 Å². The maximum atomic E-state index is 13.9. The number of nitrogens with zero attached hydrogens (tertiary/aromatic N) is 1. The fraction of sp³-hybridized carbons (Fsp3) is 0.0952. The minimum absolute atomic E-state index is 0.120. The lowest BCUT2D eigenvalue weighted by atomic mass is 10.2. The average Bonchev–Trinajstić information content (AvgIpc) is 2.72. The number of halogens is 5. The molecule has 0 fully saturated rings. The zero-order valence-corrected chi connectivity index (χ0v) is 19.2. The summed E-state index contributed by atoms with van der Waals surface area (Å²) in [6, 6.07) is 12.6. The third-order valence-electron chi connectivity index (χ3n) is 4.37. The molecular weight excluding hydrogens is 505 g/mol. The second-order valence-corrected chi connectivity index (χ2v) is 9.79. The van der Waals surface area contributed by atoms with E-state index in [1.165, 1.54) is 36.4 Å². The average molecular weight is 520 g/mol. The minimum atomic E-state index is -4.21. The van der Waals surface area contributed by atoms with Crippen molar-refractivity contribution in [2.75, 3.05) is 11.9 Å². The van der Waals surface area contributed by atoms with Gasteiger partial charge in [0.15, 0.2) is 0 Å². The first-order valence-corrected chi connectivity index (χ1v) is 11.6. The SMILES string of the molecule is O=C(CN(Cc1c(Cl)cccc1Cl)S(=O)(=O)c1ccc(Cl)cc1)Nc1ccc(F)cc1F. The van der Waals surface area contributed by atoms with Crippen molar-refractivity contribution >= 4 is 56.4 Å². The van der Waals surface area contributed by atoms with Crippen molar-refractivity contribution in [3.63, 3.8) is 0 Å². The third kappa shape index (κ3) is 5.76. The molecule has 0 heterocycles. The van der Waals surface area contributed by atoms with Crippen LogP contribution in [0.4, 0.5) is 14.5 Å². The van der Waals surface area contributed by atoms with E-state index in [4.69, 9.17) is 34.8 Å². The molecule has 3 aromatic rings. The second-order valence-electron chi connectivity index (χ2n) is 6.60. The third-order valence-corrected chi connectivity index (χ3v) is 7.14. The summed E-state index contributed by atoms with van der Waals surface area (Å²) in [5.74, 6) is -2.67. The minimum Gasteiger partial charge on any atom is -0.322 e. The predicted octanol–water partition coefficient (Wildman–Crippen LogP) is 5.75. The zero-order valence-electron chi connectivity index (χ0n) is 16.2. The Hall–Kier alpha value is -2.23. The maximum absolute atomic E-state index is 13.9. The quantitative estimate of drug-likeness (QED) is 0.432. The van der Waals surface area contributed by atoms with Crippen LogP contribution in [0.3, 0.4) is 0 Å². The maximum Gasteiger partial charge on any atom is 0.243 e. The smallest absolute Gasteiger partial charge is 0.243 e.